The third-order valence-electron chi connectivity index (χ3n) is 6.50. The maximum absolute atomic E-state index is 6.16. The topological polar surface area (TPSA) is 58.4 Å². The molecular weight excluding hydrogens is 359 g/mol. The molecule has 0 spiro atoms. The Kier molecular flexibility index (Phi) is 5.23. The Bertz CT molecular complexity index is 958. The Hall–Kier alpha value is -2.41. The predicted octanol–water partition coefficient (Wildman–Crippen LogP) is 2.65. The molecule has 4 heterocycles. The summed E-state index contributed by atoms with van der Waals surface area (Å²) in [6.07, 6.45) is 13.2. The molecule has 7 heteroatoms. The SMILES string of the molecule is [B]c1cnn2c(NCc3cccnc3)cc(C3CCN(C4CCCC4)CC3)nc12. The van der Waals surface area contributed by atoms with Gasteiger partial charge >= 0.3 is 0 Å². The lowest BCUT2D eigenvalue weighted by molar-refractivity contribution is 0.153. The van der Waals surface area contributed by atoms with Gasteiger partial charge in [0.1, 0.15) is 19.3 Å². The van der Waals surface area contributed by atoms with Gasteiger partial charge in [0.2, 0.25) is 0 Å². The molecule has 6 nitrogen and oxygen atoms in total. The van der Waals surface area contributed by atoms with Crippen LogP contribution in [0.5, 0.6) is 0 Å². The van der Waals surface area contributed by atoms with Gasteiger partial charge < -0.3 is 10.2 Å². The third-order valence-corrected chi connectivity index (χ3v) is 6.50. The van der Waals surface area contributed by atoms with Gasteiger partial charge in [0, 0.05) is 48.9 Å². The first-order valence-corrected chi connectivity index (χ1v) is 10.8. The van der Waals surface area contributed by atoms with Crippen LogP contribution in [-0.4, -0.2) is 51.5 Å². The second kappa shape index (κ2) is 8.15. The first-order chi connectivity index (χ1) is 14.3. The van der Waals surface area contributed by atoms with E-state index in [-0.39, 0.29) is 0 Å². The average Bonchev–Trinajstić information content (AvgIpc) is 3.44. The van der Waals surface area contributed by atoms with Crippen molar-refractivity contribution in [1.29, 1.82) is 0 Å². The molecule has 2 aliphatic rings. The zero-order chi connectivity index (χ0) is 19.6. The van der Waals surface area contributed by atoms with E-state index in [1.165, 1.54) is 38.8 Å². The molecule has 2 fully saturated rings. The van der Waals surface area contributed by atoms with Gasteiger partial charge in [0.05, 0.1) is 0 Å². The van der Waals surface area contributed by atoms with E-state index < -0.39 is 0 Å². The molecule has 0 unspecified atom stereocenters. The molecule has 0 aromatic carbocycles. The lowest BCUT2D eigenvalue weighted by atomic mass is 9.92. The number of piperidine rings is 1. The smallest absolute Gasteiger partial charge is 0.150 e. The van der Waals surface area contributed by atoms with Crippen molar-refractivity contribution in [2.45, 2.75) is 57.0 Å². The minimum absolute atomic E-state index is 0.478. The van der Waals surface area contributed by atoms with Crippen molar-refractivity contribution >= 4 is 24.8 Å². The quantitative estimate of drug-likeness (QED) is 0.684. The van der Waals surface area contributed by atoms with Crippen molar-refractivity contribution in [1.82, 2.24) is 24.5 Å². The number of hydrogen-bond acceptors (Lipinski definition) is 5. The van der Waals surface area contributed by atoms with E-state index in [4.69, 9.17) is 12.8 Å². The summed E-state index contributed by atoms with van der Waals surface area (Å²) in [4.78, 5) is 11.8. The molecule has 1 aliphatic carbocycles. The lowest BCUT2D eigenvalue weighted by Crippen LogP contribution is -2.39. The molecule has 29 heavy (non-hydrogen) atoms. The van der Waals surface area contributed by atoms with Crippen LogP contribution in [0, 0.1) is 0 Å². The summed E-state index contributed by atoms with van der Waals surface area (Å²) in [5, 5.41) is 7.93. The monoisotopic (exact) mass is 386 g/mol. The standard InChI is InChI=1S/C22H27BN6/c23-19-15-26-29-21(25-14-16-4-3-9-24-13-16)12-20(27-22(19)29)17-7-10-28(11-8-17)18-5-1-2-6-18/h3-4,9,12-13,15,17-18,25H,1-2,5-8,10-11,14H2. The highest BCUT2D eigenvalue weighted by molar-refractivity contribution is 6.36. The average molecular weight is 386 g/mol. The summed E-state index contributed by atoms with van der Waals surface area (Å²) in [5.41, 5.74) is 3.63. The molecule has 0 atom stereocenters. The third kappa shape index (κ3) is 3.88. The summed E-state index contributed by atoms with van der Waals surface area (Å²) in [5.74, 6) is 1.41. The van der Waals surface area contributed by atoms with Crippen molar-refractivity contribution < 1.29 is 0 Å². The van der Waals surface area contributed by atoms with Crippen LogP contribution < -0.4 is 10.8 Å². The number of rotatable bonds is 5. The van der Waals surface area contributed by atoms with Gasteiger partial charge in [-0.2, -0.15) is 9.61 Å². The molecule has 3 aromatic heterocycles. The fraction of sp³-hybridized carbons (Fsp3) is 0.500. The number of nitrogens with zero attached hydrogens (tertiary/aromatic N) is 5. The zero-order valence-electron chi connectivity index (χ0n) is 16.8. The van der Waals surface area contributed by atoms with E-state index in [2.05, 4.69) is 32.4 Å². The van der Waals surface area contributed by atoms with Gasteiger partial charge in [-0.3, -0.25) is 4.98 Å². The van der Waals surface area contributed by atoms with Gasteiger partial charge in [-0.15, -0.1) is 0 Å². The van der Waals surface area contributed by atoms with Gasteiger partial charge in [-0.25, -0.2) is 4.98 Å². The first kappa shape index (κ1) is 18.6. The van der Waals surface area contributed by atoms with Crippen molar-refractivity contribution in [3.05, 3.63) is 48.0 Å². The molecule has 1 N–H and O–H groups in total. The van der Waals surface area contributed by atoms with E-state index in [0.29, 0.717) is 17.9 Å². The number of hydrogen-bond donors (Lipinski definition) is 1. The van der Waals surface area contributed by atoms with Crippen LogP contribution in [0.4, 0.5) is 5.82 Å². The maximum atomic E-state index is 6.16. The van der Waals surface area contributed by atoms with E-state index >= 15 is 0 Å². The number of pyridine rings is 1. The first-order valence-electron chi connectivity index (χ1n) is 10.8. The van der Waals surface area contributed by atoms with Gasteiger partial charge in [-0.05, 0) is 55.9 Å². The highest BCUT2D eigenvalue weighted by Gasteiger charge is 2.28. The van der Waals surface area contributed by atoms with Crippen molar-refractivity contribution in [2.24, 2.45) is 0 Å². The van der Waals surface area contributed by atoms with Crippen LogP contribution in [0.15, 0.2) is 36.8 Å². The zero-order valence-corrected chi connectivity index (χ0v) is 16.8. The highest BCUT2D eigenvalue weighted by Crippen LogP contribution is 2.32. The Morgan fingerprint density at radius 2 is 1.93 bits per heavy atom. The summed E-state index contributed by atoms with van der Waals surface area (Å²) < 4.78 is 1.81. The van der Waals surface area contributed by atoms with Gasteiger partial charge in [0.15, 0.2) is 0 Å². The second-order valence-corrected chi connectivity index (χ2v) is 8.36. The molecule has 1 saturated heterocycles. The van der Waals surface area contributed by atoms with Crippen LogP contribution in [0.25, 0.3) is 5.65 Å². The van der Waals surface area contributed by atoms with E-state index in [9.17, 15) is 0 Å². The Morgan fingerprint density at radius 3 is 2.69 bits per heavy atom. The van der Waals surface area contributed by atoms with Crippen LogP contribution in [0.1, 0.15) is 55.7 Å². The van der Waals surface area contributed by atoms with Crippen molar-refractivity contribution in [3.63, 3.8) is 0 Å². The largest absolute Gasteiger partial charge is 0.366 e. The lowest BCUT2D eigenvalue weighted by Gasteiger charge is -2.36. The molecule has 0 amide bonds. The molecule has 2 radical (unpaired) electrons. The Labute approximate surface area is 173 Å². The van der Waals surface area contributed by atoms with Crippen LogP contribution in [0.3, 0.4) is 0 Å². The Balaban J connectivity index is 1.36. The van der Waals surface area contributed by atoms with E-state index in [0.717, 1.165) is 41.6 Å². The minimum Gasteiger partial charge on any atom is -0.366 e. The van der Waals surface area contributed by atoms with E-state index in [1.807, 2.05) is 16.8 Å². The fourth-order valence-electron chi connectivity index (χ4n) is 4.86. The minimum atomic E-state index is 0.478. The molecule has 3 aromatic rings. The van der Waals surface area contributed by atoms with Crippen molar-refractivity contribution in [2.75, 3.05) is 18.4 Å². The molecular formula is C22H27BN6. The number of aromatic nitrogens is 4. The van der Waals surface area contributed by atoms with Gasteiger partial charge in [-0.1, -0.05) is 18.9 Å². The normalized spacial score (nSPS) is 19.2. The van der Waals surface area contributed by atoms with Crippen LogP contribution in [0.2, 0.25) is 0 Å². The van der Waals surface area contributed by atoms with Crippen LogP contribution >= 0.6 is 0 Å². The summed E-state index contributed by atoms with van der Waals surface area (Å²) in [6.45, 7) is 3.04. The molecule has 1 saturated carbocycles. The van der Waals surface area contributed by atoms with Crippen molar-refractivity contribution in [3.8, 4) is 0 Å². The predicted molar refractivity (Wildman–Crippen MR) is 116 cm³/mol. The van der Waals surface area contributed by atoms with E-state index in [1.54, 1.807) is 12.4 Å². The number of nitrogens with one attached hydrogen (secondary N) is 1. The molecule has 5 rings (SSSR count). The summed E-state index contributed by atoms with van der Waals surface area (Å²) in [6, 6.07) is 6.99. The second-order valence-electron chi connectivity index (χ2n) is 8.36. The molecule has 148 valence electrons. The van der Waals surface area contributed by atoms with Gasteiger partial charge in [0.25, 0.3) is 0 Å². The fourth-order valence-corrected chi connectivity index (χ4v) is 4.86. The Morgan fingerprint density at radius 1 is 1.10 bits per heavy atom. The maximum Gasteiger partial charge on any atom is 0.150 e. The highest BCUT2D eigenvalue weighted by atomic mass is 15.3. The summed E-state index contributed by atoms with van der Waals surface area (Å²) in [7, 11) is 6.16. The summed E-state index contributed by atoms with van der Waals surface area (Å²) >= 11 is 0. The van der Waals surface area contributed by atoms with Crippen LogP contribution in [-0.2, 0) is 6.54 Å². The number of likely N-dealkylation sites (tertiary alicyclic amines) is 1. The molecule has 0 bridgehead atoms. The number of anilines is 1. The molecule has 1 aliphatic heterocycles. The number of fused-ring (bicyclic) bond motifs is 1.